The second-order valence-electron chi connectivity index (χ2n) is 7.26. The Balaban J connectivity index is 2.13. The minimum atomic E-state index is -0.915. The van der Waals surface area contributed by atoms with Gasteiger partial charge in [0.05, 0.1) is 12.5 Å². The van der Waals surface area contributed by atoms with Gasteiger partial charge in [0.15, 0.2) is 6.04 Å². The number of hydroxylamine groups is 2. The molecule has 0 aromatic heterocycles. The van der Waals surface area contributed by atoms with Gasteiger partial charge in [-0.2, -0.15) is 0 Å². The molecule has 0 spiro atoms. The van der Waals surface area contributed by atoms with Gasteiger partial charge in [-0.3, -0.25) is 14.8 Å². The van der Waals surface area contributed by atoms with Crippen molar-refractivity contribution in [2.45, 2.75) is 64.0 Å². The van der Waals surface area contributed by atoms with Crippen molar-refractivity contribution in [3.8, 4) is 0 Å². The molecule has 1 saturated carbocycles. The molecule has 1 aromatic carbocycles. The summed E-state index contributed by atoms with van der Waals surface area (Å²) in [5.41, 5.74) is 0.643. The van der Waals surface area contributed by atoms with E-state index in [0.29, 0.717) is 17.0 Å². The first-order valence-corrected chi connectivity index (χ1v) is 10.0. The summed E-state index contributed by atoms with van der Waals surface area (Å²) < 4.78 is 5.62. The highest BCUT2D eigenvalue weighted by molar-refractivity contribution is 5.87. The maximum absolute atomic E-state index is 12.9. The van der Waals surface area contributed by atoms with Gasteiger partial charge in [-0.05, 0) is 37.7 Å². The fourth-order valence-corrected chi connectivity index (χ4v) is 3.45. The number of hydrogen-bond acceptors (Lipinski definition) is 5. The Morgan fingerprint density at radius 1 is 1.29 bits per heavy atom. The lowest BCUT2D eigenvalue weighted by molar-refractivity contribution is -0.157. The van der Waals surface area contributed by atoms with Crippen molar-refractivity contribution in [3.05, 3.63) is 35.9 Å². The van der Waals surface area contributed by atoms with Crippen LogP contribution in [-0.2, 0) is 19.1 Å². The fourth-order valence-electron chi connectivity index (χ4n) is 3.45. The van der Waals surface area contributed by atoms with E-state index in [-0.39, 0.29) is 25.0 Å². The Bertz CT molecular complexity index is 631. The van der Waals surface area contributed by atoms with Crippen LogP contribution in [0.5, 0.6) is 0 Å². The molecule has 0 saturated heterocycles. The first kappa shape index (κ1) is 21.9. The van der Waals surface area contributed by atoms with Crippen LogP contribution in [0, 0.1) is 5.92 Å². The first-order chi connectivity index (χ1) is 13.5. The van der Waals surface area contributed by atoms with Gasteiger partial charge in [-0.25, -0.2) is 9.86 Å². The van der Waals surface area contributed by atoms with Crippen LogP contribution in [0.1, 0.15) is 63.5 Å². The Hall–Kier alpha value is -2.41. The van der Waals surface area contributed by atoms with E-state index in [1.165, 1.54) is 0 Å². The minimum Gasteiger partial charge on any atom is -0.461 e. The van der Waals surface area contributed by atoms with Crippen LogP contribution < -0.4 is 5.32 Å². The van der Waals surface area contributed by atoms with Gasteiger partial charge in [0.25, 0.3) is 0 Å². The number of rotatable bonds is 11. The zero-order valence-electron chi connectivity index (χ0n) is 16.4. The maximum Gasteiger partial charge on any atom is 0.333 e. The van der Waals surface area contributed by atoms with E-state index in [0.717, 1.165) is 38.5 Å². The van der Waals surface area contributed by atoms with Gasteiger partial charge in [-0.15, -0.1) is 0 Å². The molecule has 1 aromatic rings. The van der Waals surface area contributed by atoms with Crippen LogP contribution >= 0.6 is 0 Å². The van der Waals surface area contributed by atoms with E-state index >= 15 is 0 Å². The SMILES string of the molecule is CCCC[C@H](CN(O)C=O)C(=O)NC(C(=O)OC1CCCC1)c1ccccc1. The number of carbonyl (C=O) groups is 3. The molecular weight excluding hydrogens is 360 g/mol. The molecule has 1 fully saturated rings. The predicted molar refractivity (Wildman–Crippen MR) is 103 cm³/mol. The van der Waals surface area contributed by atoms with E-state index in [1.54, 1.807) is 24.3 Å². The van der Waals surface area contributed by atoms with Gasteiger partial charge in [0.2, 0.25) is 12.3 Å². The first-order valence-electron chi connectivity index (χ1n) is 10.0. The Kier molecular flexibility index (Phi) is 8.94. The summed E-state index contributed by atoms with van der Waals surface area (Å²) in [6, 6.07) is 8.06. The molecule has 2 rings (SSSR count). The molecule has 0 aliphatic heterocycles. The smallest absolute Gasteiger partial charge is 0.333 e. The van der Waals surface area contributed by atoms with Crippen LogP contribution in [0.3, 0.4) is 0 Å². The van der Waals surface area contributed by atoms with Gasteiger partial charge < -0.3 is 10.1 Å². The molecule has 154 valence electrons. The Morgan fingerprint density at radius 3 is 2.57 bits per heavy atom. The predicted octanol–water partition coefficient (Wildman–Crippen LogP) is 2.98. The van der Waals surface area contributed by atoms with Crippen LogP contribution in [0.2, 0.25) is 0 Å². The minimum absolute atomic E-state index is 0.102. The number of esters is 1. The lowest BCUT2D eigenvalue weighted by atomic mass is 9.99. The summed E-state index contributed by atoms with van der Waals surface area (Å²) in [7, 11) is 0. The molecule has 0 radical (unpaired) electrons. The van der Waals surface area contributed by atoms with Crippen molar-refractivity contribution in [2.75, 3.05) is 6.54 Å². The molecule has 0 heterocycles. The number of hydrogen-bond donors (Lipinski definition) is 2. The van der Waals surface area contributed by atoms with E-state index in [9.17, 15) is 19.6 Å². The molecule has 28 heavy (non-hydrogen) atoms. The van der Waals surface area contributed by atoms with Crippen LogP contribution in [0.25, 0.3) is 0 Å². The second kappa shape index (κ2) is 11.4. The molecule has 2 N–H and O–H groups in total. The molecule has 7 heteroatoms. The Labute approximate surface area is 166 Å². The van der Waals surface area contributed by atoms with Crippen LogP contribution in [-0.4, -0.2) is 41.2 Å². The lowest BCUT2D eigenvalue weighted by Gasteiger charge is -2.24. The highest BCUT2D eigenvalue weighted by Gasteiger charge is 2.30. The number of unbranched alkanes of at least 4 members (excludes halogenated alkanes) is 1. The largest absolute Gasteiger partial charge is 0.461 e. The second-order valence-corrected chi connectivity index (χ2v) is 7.26. The summed E-state index contributed by atoms with van der Waals surface area (Å²) in [4.78, 5) is 36.4. The third-order valence-electron chi connectivity index (χ3n) is 5.05. The molecule has 0 bridgehead atoms. The van der Waals surface area contributed by atoms with Crippen molar-refractivity contribution < 1.29 is 24.3 Å². The van der Waals surface area contributed by atoms with Crippen molar-refractivity contribution in [2.24, 2.45) is 5.92 Å². The average Bonchev–Trinajstić information content (AvgIpc) is 3.22. The number of ether oxygens (including phenoxy) is 1. The van der Waals surface area contributed by atoms with Gasteiger partial charge in [-0.1, -0.05) is 50.1 Å². The zero-order valence-corrected chi connectivity index (χ0v) is 16.4. The summed E-state index contributed by atoms with van der Waals surface area (Å²) in [5.74, 6) is -1.47. The highest BCUT2D eigenvalue weighted by Crippen LogP contribution is 2.24. The topological polar surface area (TPSA) is 95.9 Å². The number of benzene rings is 1. The standard InChI is InChI=1S/C21H30N2O5/c1-2-3-9-17(14-23(27)15-24)20(25)22-19(16-10-5-4-6-11-16)21(26)28-18-12-7-8-13-18/h4-6,10-11,15,17-19,27H,2-3,7-9,12-14H2,1H3,(H,22,25)/t17-,19?/m1/s1. The van der Waals surface area contributed by atoms with Gasteiger partial charge in [0, 0.05) is 0 Å². The monoisotopic (exact) mass is 390 g/mol. The number of nitrogens with zero attached hydrogens (tertiary/aromatic N) is 1. The number of amides is 2. The molecule has 1 aliphatic carbocycles. The van der Waals surface area contributed by atoms with E-state index in [4.69, 9.17) is 4.74 Å². The average molecular weight is 390 g/mol. The molecule has 7 nitrogen and oxygen atoms in total. The van der Waals surface area contributed by atoms with Gasteiger partial charge >= 0.3 is 5.97 Å². The third-order valence-corrected chi connectivity index (χ3v) is 5.05. The molecule has 1 aliphatic rings. The van der Waals surface area contributed by atoms with Crippen LogP contribution in [0.4, 0.5) is 0 Å². The van der Waals surface area contributed by atoms with Crippen molar-refractivity contribution in [1.82, 2.24) is 10.4 Å². The summed E-state index contributed by atoms with van der Waals surface area (Å²) in [6.45, 7) is 1.88. The van der Waals surface area contributed by atoms with E-state index in [1.807, 2.05) is 13.0 Å². The van der Waals surface area contributed by atoms with Crippen LogP contribution in [0.15, 0.2) is 30.3 Å². The van der Waals surface area contributed by atoms with Crippen molar-refractivity contribution in [1.29, 1.82) is 0 Å². The van der Waals surface area contributed by atoms with E-state index in [2.05, 4.69) is 5.32 Å². The normalized spacial score (nSPS) is 16.2. The van der Waals surface area contributed by atoms with Gasteiger partial charge in [0.1, 0.15) is 6.10 Å². The van der Waals surface area contributed by atoms with E-state index < -0.39 is 17.9 Å². The summed E-state index contributed by atoms with van der Waals surface area (Å²) >= 11 is 0. The summed E-state index contributed by atoms with van der Waals surface area (Å²) in [6.07, 6.45) is 6.10. The number of nitrogens with one attached hydrogen (secondary N) is 1. The molecule has 2 amide bonds. The lowest BCUT2D eigenvalue weighted by Crippen LogP contribution is -2.42. The Morgan fingerprint density at radius 2 is 1.96 bits per heavy atom. The number of carbonyl (C=O) groups excluding carboxylic acids is 3. The van der Waals surface area contributed by atoms with Crippen molar-refractivity contribution in [3.63, 3.8) is 0 Å². The zero-order chi connectivity index (χ0) is 20.4. The fraction of sp³-hybridized carbons (Fsp3) is 0.571. The summed E-state index contributed by atoms with van der Waals surface area (Å²) in [5, 5.41) is 12.8. The molecule has 2 atom stereocenters. The highest BCUT2D eigenvalue weighted by atomic mass is 16.5. The van der Waals surface area contributed by atoms with Crippen molar-refractivity contribution >= 4 is 18.3 Å². The maximum atomic E-state index is 12.9. The molecule has 1 unspecified atom stereocenters. The quantitative estimate of drug-likeness (QED) is 0.262. The third kappa shape index (κ3) is 6.64. The molecular formula is C21H30N2O5.